The van der Waals surface area contributed by atoms with E-state index in [4.69, 9.17) is 11.6 Å². The van der Waals surface area contributed by atoms with Crippen LogP contribution in [0.2, 0.25) is 5.02 Å². The van der Waals surface area contributed by atoms with Gasteiger partial charge in [0.05, 0.1) is 22.9 Å². The number of anilines is 1. The number of hydrogen-bond donors (Lipinski definition) is 1. The van der Waals surface area contributed by atoms with Crippen LogP contribution in [0.5, 0.6) is 0 Å². The second-order valence-corrected chi connectivity index (χ2v) is 3.56. The van der Waals surface area contributed by atoms with Crippen molar-refractivity contribution in [1.82, 2.24) is 9.97 Å². The Labute approximate surface area is 97.3 Å². The lowest BCUT2D eigenvalue weighted by atomic mass is 10.3. The van der Waals surface area contributed by atoms with Crippen molar-refractivity contribution < 1.29 is 4.39 Å². The van der Waals surface area contributed by atoms with Gasteiger partial charge in [-0.05, 0) is 18.2 Å². The van der Waals surface area contributed by atoms with Crippen LogP contribution in [0.15, 0.2) is 36.8 Å². The van der Waals surface area contributed by atoms with Crippen LogP contribution in [0.1, 0.15) is 5.69 Å². The molecule has 16 heavy (non-hydrogen) atoms. The van der Waals surface area contributed by atoms with E-state index in [0.717, 1.165) is 5.69 Å². The van der Waals surface area contributed by atoms with E-state index in [1.807, 2.05) is 0 Å². The summed E-state index contributed by atoms with van der Waals surface area (Å²) in [6, 6.07) is 6.58. The minimum absolute atomic E-state index is 0.104. The molecule has 0 radical (unpaired) electrons. The maximum atomic E-state index is 13.5. The van der Waals surface area contributed by atoms with Crippen molar-refractivity contribution in [1.29, 1.82) is 0 Å². The van der Waals surface area contributed by atoms with Crippen LogP contribution >= 0.6 is 11.6 Å². The zero-order valence-electron chi connectivity index (χ0n) is 8.32. The molecule has 0 atom stereocenters. The van der Waals surface area contributed by atoms with Crippen molar-refractivity contribution in [2.45, 2.75) is 6.54 Å². The minimum atomic E-state index is -0.446. The first-order valence-electron chi connectivity index (χ1n) is 4.70. The fourth-order valence-electron chi connectivity index (χ4n) is 1.25. The molecular formula is C11H9ClFN3. The standard InChI is InChI=1S/C11H9ClFN3/c12-9-2-1-3-10(11(9)13)15-6-8-4-5-14-7-16-8/h1-5,7,15H,6H2. The molecule has 0 aliphatic rings. The predicted octanol–water partition coefficient (Wildman–Crippen LogP) is 2.88. The fourth-order valence-corrected chi connectivity index (χ4v) is 1.42. The van der Waals surface area contributed by atoms with Gasteiger partial charge in [-0.3, -0.25) is 0 Å². The molecule has 2 rings (SSSR count). The molecule has 1 heterocycles. The van der Waals surface area contributed by atoms with Crippen LogP contribution in [0.4, 0.5) is 10.1 Å². The smallest absolute Gasteiger partial charge is 0.164 e. The Morgan fingerprint density at radius 3 is 2.94 bits per heavy atom. The van der Waals surface area contributed by atoms with E-state index in [0.29, 0.717) is 12.2 Å². The zero-order chi connectivity index (χ0) is 11.4. The van der Waals surface area contributed by atoms with Gasteiger partial charge in [-0.25, -0.2) is 14.4 Å². The molecule has 0 aliphatic heterocycles. The van der Waals surface area contributed by atoms with Gasteiger partial charge in [0.2, 0.25) is 0 Å². The second kappa shape index (κ2) is 4.90. The van der Waals surface area contributed by atoms with Crippen LogP contribution in [0.25, 0.3) is 0 Å². The summed E-state index contributed by atoms with van der Waals surface area (Å²) in [5.74, 6) is -0.446. The first kappa shape index (κ1) is 10.8. The summed E-state index contributed by atoms with van der Waals surface area (Å²) in [4.78, 5) is 7.81. The number of halogens is 2. The Balaban J connectivity index is 2.08. The summed E-state index contributed by atoms with van der Waals surface area (Å²) < 4.78 is 13.5. The maximum Gasteiger partial charge on any atom is 0.164 e. The Hall–Kier alpha value is -1.68. The number of hydrogen-bond acceptors (Lipinski definition) is 3. The van der Waals surface area contributed by atoms with Crippen LogP contribution in [-0.2, 0) is 6.54 Å². The monoisotopic (exact) mass is 237 g/mol. The highest BCUT2D eigenvalue weighted by atomic mass is 35.5. The lowest BCUT2D eigenvalue weighted by molar-refractivity contribution is 0.630. The van der Waals surface area contributed by atoms with Crippen molar-refractivity contribution >= 4 is 17.3 Å². The highest BCUT2D eigenvalue weighted by Gasteiger charge is 2.05. The van der Waals surface area contributed by atoms with Gasteiger partial charge in [-0.1, -0.05) is 17.7 Å². The summed E-state index contributed by atoms with van der Waals surface area (Å²) >= 11 is 5.65. The van der Waals surface area contributed by atoms with Crippen molar-refractivity contribution in [2.24, 2.45) is 0 Å². The highest BCUT2D eigenvalue weighted by molar-refractivity contribution is 6.31. The van der Waals surface area contributed by atoms with E-state index in [9.17, 15) is 4.39 Å². The fraction of sp³-hybridized carbons (Fsp3) is 0.0909. The van der Waals surface area contributed by atoms with Crippen molar-refractivity contribution in [2.75, 3.05) is 5.32 Å². The predicted molar refractivity (Wildman–Crippen MR) is 60.8 cm³/mol. The SMILES string of the molecule is Fc1c(Cl)cccc1NCc1ccncn1. The third kappa shape index (κ3) is 2.46. The Morgan fingerprint density at radius 2 is 2.19 bits per heavy atom. The molecule has 0 aliphatic carbocycles. The van der Waals surface area contributed by atoms with Crippen molar-refractivity contribution in [3.63, 3.8) is 0 Å². The summed E-state index contributed by atoms with van der Waals surface area (Å²) in [5.41, 5.74) is 1.15. The molecule has 0 unspecified atom stereocenters. The maximum absolute atomic E-state index is 13.5. The molecule has 0 fully saturated rings. The van der Waals surface area contributed by atoms with Gasteiger partial charge >= 0.3 is 0 Å². The lowest BCUT2D eigenvalue weighted by Gasteiger charge is -2.07. The molecule has 2 aromatic rings. The molecule has 0 saturated carbocycles. The van der Waals surface area contributed by atoms with Crippen LogP contribution in [-0.4, -0.2) is 9.97 Å². The van der Waals surface area contributed by atoms with Gasteiger partial charge in [-0.2, -0.15) is 0 Å². The van der Waals surface area contributed by atoms with E-state index < -0.39 is 5.82 Å². The van der Waals surface area contributed by atoms with E-state index in [1.54, 1.807) is 24.4 Å². The Morgan fingerprint density at radius 1 is 1.31 bits per heavy atom. The van der Waals surface area contributed by atoms with Crippen molar-refractivity contribution in [3.8, 4) is 0 Å². The normalized spacial score (nSPS) is 10.1. The molecule has 0 spiro atoms. The third-order valence-corrected chi connectivity index (χ3v) is 2.35. The minimum Gasteiger partial charge on any atom is -0.377 e. The first-order valence-corrected chi connectivity index (χ1v) is 5.08. The first-order chi connectivity index (χ1) is 7.77. The van der Waals surface area contributed by atoms with Gasteiger partial charge in [0.1, 0.15) is 6.33 Å². The number of rotatable bonds is 3. The van der Waals surface area contributed by atoms with Crippen molar-refractivity contribution in [3.05, 3.63) is 53.3 Å². The molecule has 0 amide bonds. The molecule has 0 saturated heterocycles. The Bertz CT molecular complexity index is 476. The lowest BCUT2D eigenvalue weighted by Crippen LogP contribution is -2.03. The highest BCUT2D eigenvalue weighted by Crippen LogP contribution is 2.22. The second-order valence-electron chi connectivity index (χ2n) is 3.16. The number of benzene rings is 1. The summed E-state index contributed by atoms with van der Waals surface area (Å²) in [7, 11) is 0. The average molecular weight is 238 g/mol. The number of nitrogens with zero attached hydrogens (tertiary/aromatic N) is 2. The molecule has 0 bridgehead atoms. The topological polar surface area (TPSA) is 37.8 Å². The van der Waals surface area contributed by atoms with Crippen LogP contribution in [0, 0.1) is 5.82 Å². The van der Waals surface area contributed by atoms with Gasteiger partial charge in [0.25, 0.3) is 0 Å². The molecule has 82 valence electrons. The van der Waals surface area contributed by atoms with Gasteiger partial charge in [0.15, 0.2) is 5.82 Å². The van der Waals surface area contributed by atoms with Gasteiger partial charge < -0.3 is 5.32 Å². The molecule has 5 heteroatoms. The third-order valence-electron chi connectivity index (χ3n) is 2.05. The van der Waals surface area contributed by atoms with Gasteiger partial charge in [0, 0.05) is 6.20 Å². The largest absolute Gasteiger partial charge is 0.377 e. The zero-order valence-corrected chi connectivity index (χ0v) is 9.08. The summed E-state index contributed by atoms with van der Waals surface area (Å²) in [6.07, 6.45) is 3.09. The van der Waals surface area contributed by atoms with E-state index >= 15 is 0 Å². The average Bonchev–Trinajstić information content (AvgIpc) is 2.32. The quantitative estimate of drug-likeness (QED) is 0.892. The summed E-state index contributed by atoms with van der Waals surface area (Å²) in [5, 5.41) is 3.02. The molecule has 3 nitrogen and oxygen atoms in total. The van der Waals surface area contributed by atoms with Gasteiger partial charge in [-0.15, -0.1) is 0 Å². The number of aromatic nitrogens is 2. The van der Waals surface area contributed by atoms with E-state index in [-0.39, 0.29) is 5.02 Å². The van der Waals surface area contributed by atoms with Crippen LogP contribution in [0.3, 0.4) is 0 Å². The molecule has 1 N–H and O–H groups in total. The number of nitrogens with one attached hydrogen (secondary N) is 1. The van der Waals surface area contributed by atoms with E-state index in [2.05, 4.69) is 15.3 Å². The molecule has 1 aromatic heterocycles. The van der Waals surface area contributed by atoms with E-state index in [1.165, 1.54) is 12.4 Å². The van der Waals surface area contributed by atoms with Crippen LogP contribution < -0.4 is 5.32 Å². The Kier molecular flexibility index (Phi) is 3.31. The molecular weight excluding hydrogens is 229 g/mol. The summed E-state index contributed by atoms with van der Waals surface area (Å²) in [6.45, 7) is 0.430. The molecule has 1 aromatic carbocycles.